The molecular formula is C15H7F3N2O. The van der Waals surface area contributed by atoms with Gasteiger partial charge in [-0.2, -0.15) is 18.4 Å². The summed E-state index contributed by atoms with van der Waals surface area (Å²) in [4.78, 5) is 3.89. The molecule has 0 bridgehead atoms. The summed E-state index contributed by atoms with van der Waals surface area (Å²) in [5.41, 5.74) is 0.132. The van der Waals surface area contributed by atoms with Crippen LogP contribution in [-0.4, -0.2) is 4.98 Å². The number of hydrogen-bond acceptors (Lipinski definition) is 3. The first-order valence-electron chi connectivity index (χ1n) is 5.95. The highest BCUT2D eigenvalue weighted by Gasteiger charge is 2.30. The molecule has 104 valence electrons. The molecule has 2 aromatic heterocycles. The minimum Gasteiger partial charge on any atom is -0.456 e. The first kappa shape index (κ1) is 13.2. The van der Waals surface area contributed by atoms with Crippen molar-refractivity contribution >= 4 is 11.0 Å². The summed E-state index contributed by atoms with van der Waals surface area (Å²) < 4.78 is 43.7. The molecule has 0 fully saturated rings. The summed E-state index contributed by atoms with van der Waals surface area (Å²) in [7, 11) is 0. The molecule has 0 atom stereocenters. The van der Waals surface area contributed by atoms with Gasteiger partial charge in [-0.15, -0.1) is 0 Å². The molecule has 0 aliphatic rings. The maximum Gasteiger partial charge on any atom is 0.416 e. The number of pyridine rings is 1. The lowest BCUT2D eigenvalue weighted by molar-refractivity contribution is -0.137. The highest BCUT2D eigenvalue weighted by molar-refractivity contribution is 5.86. The number of furan rings is 1. The van der Waals surface area contributed by atoms with Gasteiger partial charge in [0.05, 0.1) is 10.9 Å². The van der Waals surface area contributed by atoms with Crippen molar-refractivity contribution in [2.75, 3.05) is 0 Å². The molecular weight excluding hydrogens is 281 g/mol. The zero-order valence-electron chi connectivity index (χ0n) is 10.5. The number of halogens is 3. The van der Waals surface area contributed by atoms with Crippen molar-refractivity contribution in [3.05, 3.63) is 53.9 Å². The minimum absolute atomic E-state index is 0.175. The number of nitrogens with zero attached hydrogens (tertiary/aromatic N) is 2. The molecule has 0 saturated heterocycles. The fourth-order valence-corrected chi connectivity index (χ4v) is 2.04. The summed E-state index contributed by atoms with van der Waals surface area (Å²) in [5, 5.41) is 9.44. The Bertz CT molecular complexity index is 859. The van der Waals surface area contributed by atoms with Crippen LogP contribution in [0.15, 0.2) is 47.0 Å². The van der Waals surface area contributed by atoms with E-state index < -0.39 is 11.7 Å². The Hall–Kier alpha value is -2.81. The van der Waals surface area contributed by atoms with Crippen LogP contribution >= 0.6 is 0 Å². The predicted molar refractivity (Wildman–Crippen MR) is 69.2 cm³/mol. The quantitative estimate of drug-likeness (QED) is 0.667. The smallest absolute Gasteiger partial charge is 0.416 e. The van der Waals surface area contributed by atoms with Gasteiger partial charge in [0, 0.05) is 11.8 Å². The van der Waals surface area contributed by atoms with E-state index in [9.17, 15) is 13.2 Å². The SMILES string of the molecule is N#Cc1nccc2oc(-c3cccc(C(F)(F)F)c3)cc12. The average Bonchev–Trinajstić information content (AvgIpc) is 2.90. The number of fused-ring (bicyclic) bond motifs is 1. The lowest BCUT2D eigenvalue weighted by atomic mass is 10.1. The van der Waals surface area contributed by atoms with E-state index in [2.05, 4.69) is 4.98 Å². The van der Waals surface area contributed by atoms with E-state index >= 15 is 0 Å². The van der Waals surface area contributed by atoms with Crippen molar-refractivity contribution in [3.8, 4) is 17.4 Å². The molecule has 6 heteroatoms. The van der Waals surface area contributed by atoms with Crippen molar-refractivity contribution in [2.45, 2.75) is 6.18 Å². The molecule has 3 aromatic rings. The fourth-order valence-electron chi connectivity index (χ4n) is 2.04. The van der Waals surface area contributed by atoms with Gasteiger partial charge in [-0.05, 0) is 24.3 Å². The van der Waals surface area contributed by atoms with Crippen LogP contribution in [0.1, 0.15) is 11.3 Å². The van der Waals surface area contributed by atoms with Crippen LogP contribution in [0.25, 0.3) is 22.3 Å². The molecule has 21 heavy (non-hydrogen) atoms. The van der Waals surface area contributed by atoms with Gasteiger partial charge in [0.25, 0.3) is 0 Å². The Balaban J connectivity index is 2.16. The Morgan fingerprint density at radius 3 is 2.67 bits per heavy atom. The van der Waals surface area contributed by atoms with Crippen molar-refractivity contribution in [1.29, 1.82) is 5.26 Å². The summed E-state index contributed by atoms with van der Waals surface area (Å²) in [6.07, 6.45) is -3.00. The first-order valence-corrected chi connectivity index (χ1v) is 5.95. The Kier molecular flexibility index (Phi) is 2.91. The second-order valence-electron chi connectivity index (χ2n) is 4.37. The van der Waals surface area contributed by atoms with E-state index in [0.29, 0.717) is 16.5 Å². The Morgan fingerprint density at radius 2 is 1.95 bits per heavy atom. The largest absolute Gasteiger partial charge is 0.456 e. The molecule has 0 N–H and O–H groups in total. The van der Waals surface area contributed by atoms with E-state index in [1.54, 1.807) is 6.07 Å². The number of nitriles is 1. The maximum absolute atomic E-state index is 12.7. The van der Waals surface area contributed by atoms with Gasteiger partial charge in [0.1, 0.15) is 17.4 Å². The monoisotopic (exact) mass is 288 g/mol. The standard InChI is InChI=1S/C15H7F3N2O/c16-15(17,18)10-3-1-2-9(6-10)14-7-11-12(8-19)20-5-4-13(11)21-14/h1-7H. The van der Waals surface area contributed by atoms with Crippen LogP contribution < -0.4 is 0 Å². The zero-order chi connectivity index (χ0) is 15.0. The van der Waals surface area contributed by atoms with Gasteiger partial charge in [0.2, 0.25) is 0 Å². The summed E-state index contributed by atoms with van der Waals surface area (Å²) in [6, 6.07) is 9.85. The summed E-state index contributed by atoms with van der Waals surface area (Å²) >= 11 is 0. The molecule has 0 unspecified atom stereocenters. The van der Waals surface area contributed by atoms with Crippen LogP contribution in [-0.2, 0) is 6.18 Å². The van der Waals surface area contributed by atoms with Crippen molar-refractivity contribution in [1.82, 2.24) is 4.98 Å². The number of benzene rings is 1. The zero-order valence-corrected chi connectivity index (χ0v) is 10.5. The number of aromatic nitrogens is 1. The van der Waals surface area contributed by atoms with Gasteiger partial charge in [-0.3, -0.25) is 0 Å². The second kappa shape index (κ2) is 4.63. The Morgan fingerprint density at radius 1 is 1.14 bits per heavy atom. The molecule has 0 aliphatic heterocycles. The van der Waals surface area contributed by atoms with E-state index in [-0.39, 0.29) is 11.5 Å². The molecule has 3 nitrogen and oxygen atoms in total. The van der Waals surface area contributed by atoms with Crippen LogP contribution in [0.2, 0.25) is 0 Å². The molecule has 0 amide bonds. The Labute approximate surface area is 117 Å². The molecule has 1 aromatic carbocycles. The van der Waals surface area contributed by atoms with Crippen molar-refractivity contribution in [3.63, 3.8) is 0 Å². The second-order valence-corrected chi connectivity index (χ2v) is 4.37. The van der Waals surface area contributed by atoms with Gasteiger partial charge in [-0.25, -0.2) is 4.98 Å². The van der Waals surface area contributed by atoms with Crippen molar-refractivity contribution < 1.29 is 17.6 Å². The lowest BCUT2D eigenvalue weighted by Gasteiger charge is -2.07. The van der Waals surface area contributed by atoms with Crippen molar-refractivity contribution in [2.24, 2.45) is 0 Å². The third kappa shape index (κ3) is 2.34. The van der Waals surface area contributed by atoms with E-state index in [0.717, 1.165) is 12.1 Å². The molecule has 0 aliphatic carbocycles. The van der Waals surface area contributed by atoms with Gasteiger partial charge in [0.15, 0.2) is 5.69 Å². The highest BCUT2D eigenvalue weighted by atomic mass is 19.4. The summed E-state index contributed by atoms with van der Waals surface area (Å²) in [6.45, 7) is 0. The molecule has 0 spiro atoms. The normalized spacial score (nSPS) is 11.5. The fraction of sp³-hybridized carbons (Fsp3) is 0.0667. The maximum atomic E-state index is 12.7. The number of alkyl halides is 3. The van der Waals surface area contributed by atoms with E-state index in [1.165, 1.54) is 24.4 Å². The molecule has 0 saturated carbocycles. The van der Waals surface area contributed by atoms with Crippen LogP contribution in [0.3, 0.4) is 0 Å². The third-order valence-electron chi connectivity index (χ3n) is 3.03. The average molecular weight is 288 g/mol. The molecule has 0 radical (unpaired) electrons. The molecule has 2 heterocycles. The van der Waals surface area contributed by atoms with Gasteiger partial charge >= 0.3 is 6.18 Å². The minimum atomic E-state index is -4.42. The molecule has 3 rings (SSSR count). The van der Waals surface area contributed by atoms with Crippen LogP contribution in [0.4, 0.5) is 13.2 Å². The van der Waals surface area contributed by atoms with Gasteiger partial charge in [-0.1, -0.05) is 12.1 Å². The predicted octanol–water partition coefficient (Wildman–Crippen LogP) is 4.39. The topological polar surface area (TPSA) is 49.8 Å². The van der Waals surface area contributed by atoms with Crippen LogP contribution in [0.5, 0.6) is 0 Å². The first-order chi connectivity index (χ1) is 9.99. The summed E-state index contributed by atoms with van der Waals surface area (Å²) in [5.74, 6) is 0.264. The third-order valence-corrected chi connectivity index (χ3v) is 3.03. The van der Waals surface area contributed by atoms with E-state index in [1.807, 2.05) is 6.07 Å². The number of hydrogen-bond donors (Lipinski definition) is 0. The van der Waals surface area contributed by atoms with Crippen LogP contribution in [0, 0.1) is 11.3 Å². The van der Waals surface area contributed by atoms with Gasteiger partial charge < -0.3 is 4.42 Å². The lowest BCUT2D eigenvalue weighted by Crippen LogP contribution is -2.04. The number of rotatable bonds is 1. The van der Waals surface area contributed by atoms with E-state index in [4.69, 9.17) is 9.68 Å². The highest BCUT2D eigenvalue weighted by Crippen LogP contribution is 2.34.